The molecule has 0 radical (unpaired) electrons. The van der Waals surface area contributed by atoms with Gasteiger partial charge in [-0.15, -0.1) is 11.3 Å². The van der Waals surface area contributed by atoms with Crippen LogP contribution in [0.1, 0.15) is 30.5 Å². The molecule has 2 nitrogen and oxygen atoms in total. The third-order valence-electron chi connectivity index (χ3n) is 4.11. The van der Waals surface area contributed by atoms with Gasteiger partial charge in [-0.25, -0.2) is 0 Å². The molecule has 1 aromatic heterocycles. The highest BCUT2D eigenvalue weighted by Crippen LogP contribution is 2.29. The maximum absolute atomic E-state index is 5.98. The average Bonchev–Trinajstić information content (AvgIpc) is 2.97. The Morgan fingerprint density at radius 1 is 1.09 bits per heavy atom. The molecule has 22 heavy (non-hydrogen) atoms. The number of aryl methyl sites for hydroxylation is 1. The number of benzene rings is 2. The Morgan fingerprint density at radius 2 is 1.86 bits per heavy atom. The lowest BCUT2D eigenvalue weighted by molar-refractivity contribution is 0.562. The number of fused-ring (bicyclic) bond motifs is 1. The Bertz CT molecular complexity index is 748. The first kappa shape index (κ1) is 15.1. The summed E-state index contributed by atoms with van der Waals surface area (Å²) in [5, 5.41) is 7.28. The van der Waals surface area contributed by atoms with E-state index in [2.05, 4.69) is 54.0 Å². The van der Waals surface area contributed by atoms with E-state index < -0.39 is 0 Å². The molecular formula is C19H22N2S. The van der Waals surface area contributed by atoms with Crippen molar-refractivity contribution >= 4 is 27.1 Å². The van der Waals surface area contributed by atoms with Crippen LogP contribution in [-0.2, 0) is 6.42 Å². The molecule has 1 heterocycles. The Balaban J connectivity index is 1.54. The van der Waals surface area contributed by atoms with Crippen molar-refractivity contribution in [1.29, 1.82) is 0 Å². The van der Waals surface area contributed by atoms with Crippen molar-refractivity contribution in [3.05, 3.63) is 65.0 Å². The number of hydrogen-bond donors (Lipinski definition) is 2. The van der Waals surface area contributed by atoms with Gasteiger partial charge >= 0.3 is 0 Å². The van der Waals surface area contributed by atoms with Gasteiger partial charge in [-0.1, -0.05) is 36.4 Å². The van der Waals surface area contributed by atoms with Crippen molar-refractivity contribution in [1.82, 2.24) is 5.32 Å². The highest BCUT2D eigenvalue weighted by Gasteiger charge is 2.10. The van der Waals surface area contributed by atoms with Crippen molar-refractivity contribution in [3.63, 3.8) is 0 Å². The van der Waals surface area contributed by atoms with Crippen LogP contribution in [0.4, 0.5) is 5.69 Å². The van der Waals surface area contributed by atoms with Gasteiger partial charge in [0.15, 0.2) is 0 Å². The predicted octanol–water partition coefficient (Wildman–Crippen LogP) is 4.77. The number of hydrogen-bond acceptors (Lipinski definition) is 3. The van der Waals surface area contributed by atoms with Crippen LogP contribution in [0, 0.1) is 0 Å². The van der Waals surface area contributed by atoms with Crippen LogP contribution in [0.3, 0.4) is 0 Å². The lowest BCUT2D eigenvalue weighted by Gasteiger charge is -2.13. The molecular weight excluding hydrogens is 288 g/mol. The van der Waals surface area contributed by atoms with E-state index in [1.54, 1.807) is 0 Å². The molecule has 0 fully saturated rings. The number of nitrogens with two attached hydrogens (primary N) is 1. The zero-order valence-electron chi connectivity index (χ0n) is 12.9. The summed E-state index contributed by atoms with van der Waals surface area (Å²) < 4.78 is 1.36. The number of para-hydroxylation sites is 1. The molecule has 0 aliphatic carbocycles. The highest BCUT2D eigenvalue weighted by atomic mass is 32.1. The van der Waals surface area contributed by atoms with Gasteiger partial charge in [0.25, 0.3) is 0 Å². The maximum Gasteiger partial charge on any atom is 0.0346 e. The average molecular weight is 310 g/mol. The first-order valence-electron chi connectivity index (χ1n) is 7.78. The molecule has 0 aliphatic rings. The Kier molecular flexibility index (Phi) is 4.76. The summed E-state index contributed by atoms with van der Waals surface area (Å²) in [4.78, 5) is 0. The SMILES string of the molecule is CC(NCCCc1ccccc1N)c1csc2ccccc12. The second-order valence-electron chi connectivity index (χ2n) is 5.67. The van der Waals surface area contributed by atoms with Gasteiger partial charge in [0, 0.05) is 16.4 Å². The van der Waals surface area contributed by atoms with Gasteiger partial charge < -0.3 is 11.1 Å². The van der Waals surface area contributed by atoms with Crippen LogP contribution in [0.15, 0.2) is 53.9 Å². The molecule has 3 N–H and O–H groups in total. The van der Waals surface area contributed by atoms with Gasteiger partial charge in [0.05, 0.1) is 0 Å². The number of thiophene rings is 1. The molecule has 3 aromatic rings. The van der Waals surface area contributed by atoms with Crippen molar-refractivity contribution in [2.45, 2.75) is 25.8 Å². The van der Waals surface area contributed by atoms with E-state index in [-0.39, 0.29) is 0 Å². The summed E-state index contributed by atoms with van der Waals surface area (Å²) in [5.41, 5.74) is 9.54. The van der Waals surface area contributed by atoms with Gasteiger partial charge in [0.1, 0.15) is 0 Å². The second kappa shape index (κ2) is 6.95. The third-order valence-corrected chi connectivity index (χ3v) is 5.09. The minimum absolute atomic E-state index is 0.379. The molecule has 114 valence electrons. The zero-order valence-corrected chi connectivity index (χ0v) is 13.7. The first-order chi connectivity index (χ1) is 10.8. The highest BCUT2D eigenvalue weighted by molar-refractivity contribution is 7.17. The normalized spacial score (nSPS) is 12.6. The Hall–Kier alpha value is -1.84. The molecule has 3 rings (SSSR count). The van der Waals surface area contributed by atoms with Gasteiger partial charge in [-0.3, -0.25) is 0 Å². The van der Waals surface area contributed by atoms with Crippen LogP contribution in [-0.4, -0.2) is 6.54 Å². The Labute approximate surface area is 136 Å². The fourth-order valence-electron chi connectivity index (χ4n) is 2.80. The molecule has 0 amide bonds. The van der Waals surface area contributed by atoms with E-state index in [0.717, 1.165) is 25.1 Å². The van der Waals surface area contributed by atoms with Crippen LogP contribution >= 0.6 is 11.3 Å². The number of rotatable bonds is 6. The van der Waals surface area contributed by atoms with E-state index in [9.17, 15) is 0 Å². The molecule has 0 spiro atoms. The summed E-state index contributed by atoms with van der Waals surface area (Å²) in [6, 6.07) is 17.1. The summed E-state index contributed by atoms with van der Waals surface area (Å²) >= 11 is 1.82. The van der Waals surface area contributed by atoms with Gasteiger partial charge in [0.2, 0.25) is 0 Å². The van der Waals surface area contributed by atoms with Crippen molar-refractivity contribution in [2.24, 2.45) is 0 Å². The van der Waals surface area contributed by atoms with E-state index in [1.807, 2.05) is 23.5 Å². The Morgan fingerprint density at radius 3 is 2.73 bits per heavy atom. The minimum Gasteiger partial charge on any atom is -0.399 e. The number of anilines is 1. The zero-order chi connectivity index (χ0) is 15.4. The molecule has 2 aromatic carbocycles. The monoisotopic (exact) mass is 310 g/mol. The second-order valence-corrected chi connectivity index (χ2v) is 6.58. The van der Waals surface area contributed by atoms with Crippen molar-refractivity contribution in [3.8, 4) is 0 Å². The smallest absolute Gasteiger partial charge is 0.0346 e. The third kappa shape index (κ3) is 3.32. The van der Waals surface area contributed by atoms with Crippen LogP contribution in [0.25, 0.3) is 10.1 Å². The standard InChI is InChI=1S/C19H22N2S/c1-14(17-13-22-19-11-5-3-9-16(17)19)21-12-6-8-15-7-2-4-10-18(15)20/h2-5,7,9-11,13-14,21H,6,8,12,20H2,1H3. The fourth-order valence-corrected chi connectivity index (χ4v) is 3.86. The lowest BCUT2D eigenvalue weighted by Crippen LogP contribution is -2.20. The topological polar surface area (TPSA) is 38.0 Å². The summed E-state index contributed by atoms with van der Waals surface area (Å²) in [6.45, 7) is 3.24. The van der Waals surface area contributed by atoms with Crippen molar-refractivity contribution in [2.75, 3.05) is 12.3 Å². The van der Waals surface area contributed by atoms with E-state index in [1.165, 1.54) is 21.2 Å². The fraction of sp³-hybridized carbons (Fsp3) is 0.263. The summed E-state index contributed by atoms with van der Waals surface area (Å²) in [6.07, 6.45) is 2.12. The van der Waals surface area contributed by atoms with E-state index >= 15 is 0 Å². The molecule has 0 aliphatic heterocycles. The van der Waals surface area contributed by atoms with E-state index in [4.69, 9.17) is 5.73 Å². The molecule has 3 heteroatoms. The van der Waals surface area contributed by atoms with Crippen LogP contribution in [0.2, 0.25) is 0 Å². The molecule has 0 saturated carbocycles. The minimum atomic E-state index is 0.379. The molecule has 0 saturated heterocycles. The molecule has 1 unspecified atom stereocenters. The lowest BCUT2D eigenvalue weighted by atomic mass is 10.1. The van der Waals surface area contributed by atoms with Crippen LogP contribution < -0.4 is 11.1 Å². The number of nitrogen functional groups attached to an aromatic ring is 1. The summed E-state index contributed by atoms with van der Waals surface area (Å²) in [7, 11) is 0. The summed E-state index contributed by atoms with van der Waals surface area (Å²) in [5.74, 6) is 0. The van der Waals surface area contributed by atoms with Gasteiger partial charge in [-0.05, 0) is 60.3 Å². The number of nitrogens with one attached hydrogen (secondary N) is 1. The molecule has 1 atom stereocenters. The first-order valence-corrected chi connectivity index (χ1v) is 8.66. The predicted molar refractivity (Wildman–Crippen MR) is 97.4 cm³/mol. The quantitative estimate of drug-likeness (QED) is 0.508. The van der Waals surface area contributed by atoms with E-state index in [0.29, 0.717) is 6.04 Å². The largest absolute Gasteiger partial charge is 0.399 e. The maximum atomic E-state index is 5.98. The van der Waals surface area contributed by atoms with Crippen molar-refractivity contribution < 1.29 is 0 Å². The van der Waals surface area contributed by atoms with Crippen LogP contribution in [0.5, 0.6) is 0 Å². The molecule has 0 bridgehead atoms. The van der Waals surface area contributed by atoms with Gasteiger partial charge in [-0.2, -0.15) is 0 Å².